The predicted molar refractivity (Wildman–Crippen MR) is 114 cm³/mol. The number of piperidine rings is 1. The van der Waals surface area contributed by atoms with Gasteiger partial charge in [0.25, 0.3) is 5.91 Å². The molecule has 1 atom stereocenters. The molecule has 0 N–H and O–H groups in total. The Morgan fingerprint density at radius 2 is 1.72 bits per heavy atom. The van der Waals surface area contributed by atoms with Crippen molar-refractivity contribution < 1.29 is 14.3 Å². The Balaban J connectivity index is 1.79. The van der Waals surface area contributed by atoms with Crippen molar-refractivity contribution in [3.05, 3.63) is 35.9 Å². The summed E-state index contributed by atoms with van der Waals surface area (Å²) in [6.45, 7) is 9.62. The highest BCUT2D eigenvalue weighted by Crippen LogP contribution is 2.38. The van der Waals surface area contributed by atoms with E-state index in [4.69, 9.17) is 4.74 Å². The number of amides is 3. The fraction of sp³-hybridized carbons (Fsp3) is 0.652. The lowest BCUT2D eigenvalue weighted by molar-refractivity contribution is -0.136. The predicted octanol–water partition coefficient (Wildman–Crippen LogP) is 3.02. The smallest absolute Gasteiger partial charge is 0.327 e. The van der Waals surface area contributed by atoms with Gasteiger partial charge in [-0.2, -0.15) is 0 Å². The molecule has 160 valence electrons. The Labute approximate surface area is 174 Å². The van der Waals surface area contributed by atoms with Gasteiger partial charge in [0.05, 0.1) is 6.61 Å². The van der Waals surface area contributed by atoms with Crippen molar-refractivity contribution in [3.63, 3.8) is 0 Å². The van der Waals surface area contributed by atoms with E-state index in [1.54, 1.807) is 7.11 Å². The number of likely N-dealkylation sites (tertiary alicyclic amines) is 1. The fourth-order valence-electron chi connectivity index (χ4n) is 4.67. The van der Waals surface area contributed by atoms with Crippen LogP contribution in [0.3, 0.4) is 0 Å². The van der Waals surface area contributed by atoms with Crippen LogP contribution in [0.5, 0.6) is 0 Å². The molecule has 0 unspecified atom stereocenters. The van der Waals surface area contributed by atoms with Gasteiger partial charge in [-0.05, 0) is 37.7 Å². The van der Waals surface area contributed by atoms with Crippen molar-refractivity contribution in [1.82, 2.24) is 14.7 Å². The van der Waals surface area contributed by atoms with Gasteiger partial charge in [0, 0.05) is 39.3 Å². The molecule has 0 radical (unpaired) electrons. The van der Waals surface area contributed by atoms with Crippen LogP contribution in [0.4, 0.5) is 4.79 Å². The Morgan fingerprint density at radius 1 is 1.07 bits per heavy atom. The Hall–Kier alpha value is -1.92. The topological polar surface area (TPSA) is 53.1 Å². The molecule has 2 saturated heterocycles. The van der Waals surface area contributed by atoms with Gasteiger partial charge in [-0.1, -0.05) is 44.2 Å². The molecule has 1 aromatic rings. The lowest BCUT2D eigenvalue weighted by atomic mass is 9.85. The molecule has 3 rings (SSSR count). The maximum absolute atomic E-state index is 13.5. The van der Waals surface area contributed by atoms with Gasteiger partial charge >= 0.3 is 6.03 Å². The van der Waals surface area contributed by atoms with Crippen molar-refractivity contribution in [2.75, 3.05) is 39.9 Å². The summed E-state index contributed by atoms with van der Waals surface area (Å²) in [5.74, 6) is 0.263. The molecular formula is C23H35N3O3. The van der Waals surface area contributed by atoms with E-state index in [1.165, 1.54) is 10.5 Å². The number of hydrogen-bond acceptors (Lipinski definition) is 4. The summed E-state index contributed by atoms with van der Waals surface area (Å²) in [7, 11) is 1.72. The summed E-state index contributed by atoms with van der Waals surface area (Å²) in [6.07, 6.45) is 2.14. The second-order valence-corrected chi connectivity index (χ2v) is 8.85. The SMILES string of the molecule is COC[C@@H](C)N1CCC2(CC1)C(=O)N(CC(C)C)C(=O)N2CCc1ccccc1. The molecule has 6 nitrogen and oxygen atoms in total. The van der Waals surface area contributed by atoms with Gasteiger partial charge < -0.3 is 9.64 Å². The van der Waals surface area contributed by atoms with Crippen LogP contribution in [0.15, 0.2) is 30.3 Å². The molecule has 0 aliphatic carbocycles. The highest BCUT2D eigenvalue weighted by molar-refractivity contribution is 6.07. The maximum atomic E-state index is 13.5. The zero-order valence-electron chi connectivity index (χ0n) is 18.3. The molecule has 3 amide bonds. The first kappa shape index (κ1) is 21.8. The van der Waals surface area contributed by atoms with E-state index >= 15 is 0 Å². The molecule has 2 aliphatic heterocycles. The number of rotatable bonds is 8. The number of hydrogen-bond donors (Lipinski definition) is 0. The Bertz CT molecular complexity index is 699. The third-order valence-corrected chi connectivity index (χ3v) is 6.29. The number of urea groups is 1. The largest absolute Gasteiger partial charge is 0.383 e. The van der Waals surface area contributed by atoms with Crippen LogP contribution < -0.4 is 0 Å². The van der Waals surface area contributed by atoms with E-state index in [0.29, 0.717) is 38.6 Å². The van der Waals surface area contributed by atoms with E-state index in [0.717, 1.165) is 19.5 Å². The van der Waals surface area contributed by atoms with Crippen LogP contribution in [0.25, 0.3) is 0 Å². The number of nitrogens with zero attached hydrogens (tertiary/aromatic N) is 3. The summed E-state index contributed by atoms with van der Waals surface area (Å²) in [5, 5.41) is 0. The maximum Gasteiger partial charge on any atom is 0.327 e. The van der Waals surface area contributed by atoms with Gasteiger partial charge in [0.2, 0.25) is 0 Å². The highest BCUT2D eigenvalue weighted by Gasteiger charge is 2.57. The summed E-state index contributed by atoms with van der Waals surface area (Å²) < 4.78 is 5.30. The number of carbonyl (C=O) groups excluding carboxylic acids is 2. The molecule has 2 aliphatic rings. The van der Waals surface area contributed by atoms with E-state index in [1.807, 2.05) is 23.1 Å². The second kappa shape index (κ2) is 9.26. The van der Waals surface area contributed by atoms with Crippen molar-refractivity contribution in [3.8, 4) is 0 Å². The minimum absolute atomic E-state index is 0.00306. The van der Waals surface area contributed by atoms with E-state index < -0.39 is 5.54 Å². The zero-order chi connectivity index (χ0) is 21.0. The van der Waals surface area contributed by atoms with E-state index in [9.17, 15) is 9.59 Å². The van der Waals surface area contributed by atoms with Crippen LogP contribution in [0, 0.1) is 5.92 Å². The van der Waals surface area contributed by atoms with E-state index in [-0.39, 0.29) is 17.9 Å². The molecule has 2 fully saturated rings. The Kier molecular flexibility index (Phi) is 6.96. The fourth-order valence-corrected chi connectivity index (χ4v) is 4.67. The summed E-state index contributed by atoms with van der Waals surface area (Å²) in [6, 6.07) is 10.4. The quantitative estimate of drug-likeness (QED) is 0.629. The van der Waals surface area contributed by atoms with Crippen LogP contribution in [-0.2, 0) is 16.0 Å². The van der Waals surface area contributed by atoms with Crippen molar-refractivity contribution in [2.45, 2.75) is 51.6 Å². The average molecular weight is 402 g/mol. The first-order chi connectivity index (χ1) is 13.9. The molecule has 29 heavy (non-hydrogen) atoms. The molecule has 6 heteroatoms. The summed E-state index contributed by atoms with van der Waals surface area (Å²) >= 11 is 0. The number of ether oxygens (including phenoxy) is 1. The summed E-state index contributed by atoms with van der Waals surface area (Å²) in [4.78, 5) is 32.5. The monoisotopic (exact) mass is 401 g/mol. The highest BCUT2D eigenvalue weighted by atomic mass is 16.5. The van der Waals surface area contributed by atoms with Gasteiger partial charge in [-0.25, -0.2) is 4.79 Å². The minimum atomic E-state index is -0.690. The molecule has 0 saturated carbocycles. The van der Waals surface area contributed by atoms with Crippen molar-refractivity contribution >= 4 is 11.9 Å². The molecule has 0 aromatic heterocycles. The number of methoxy groups -OCH3 is 1. The average Bonchev–Trinajstić information content (AvgIpc) is 2.89. The molecule has 1 spiro atoms. The minimum Gasteiger partial charge on any atom is -0.383 e. The first-order valence-corrected chi connectivity index (χ1v) is 10.8. The third kappa shape index (κ3) is 4.48. The molecule has 2 heterocycles. The number of benzene rings is 1. The van der Waals surface area contributed by atoms with Gasteiger partial charge in [0.15, 0.2) is 0 Å². The number of imide groups is 1. The lowest BCUT2D eigenvalue weighted by Gasteiger charge is -2.44. The van der Waals surface area contributed by atoms with Crippen LogP contribution >= 0.6 is 0 Å². The third-order valence-electron chi connectivity index (χ3n) is 6.29. The van der Waals surface area contributed by atoms with E-state index in [2.05, 4.69) is 37.8 Å². The van der Waals surface area contributed by atoms with Gasteiger partial charge in [-0.15, -0.1) is 0 Å². The Morgan fingerprint density at radius 3 is 2.31 bits per heavy atom. The normalized spacial score (nSPS) is 20.9. The standard InChI is InChI=1S/C23H35N3O3/c1-18(2)16-25-21(27)23(11-14-24(15-12-23)19(3)17-29-4)26(22(25)28)13-10-20-8-6-5-7-9-20/h5-9,18-19H,10-17H2,1-4H3/t19-/m1/s1. The van der Waals surface area contributed by atoms with Crippen molar-refractivity contribution in [2.24, 2.45) is 5.92 Å². The molecular weight excluding hydrogens is 366 g/mol. The van der Waals surface area contributed by atoms with Gasteiger partial charge in [-0.3, -0.25) is 14.6 Å². The molecule has 0 bridgehead atoms. The zero-order valence-corrected chi connectivity index (χ0v) is 18.3. The summed E-state index contributed by atoms with van der Waals surface area (Å²) in [5.41, 5.74) is 0.501. The second-order valence-electron chi connectivity index (χ2n) is 8.85. The number of carbonyl (C=O) groups is 2. The van der Waals surface area contributed by atoms with Crippen molar-refractivity contribution in [1.29, 1.82) is 0 Å². The van der Waals surface area contributed by atoms with Crippen LogP contribution in [0.1, 0.15) is 39.2 Å². The molecule has 1 aromatic carbocycles. The van der Waals surface area contributed by atoms with Crippen LogP contribution in [-0.4, -0.2) is 78.1 Å². The van der Waals surface area contributed by atoms with Crippen LogP contribution in [0.2, 0.25) is 0 Å². The first-order valence-electron chi connectivity index (χ1n) is 10.8. The lowest BCUT2D eigenvalue weighted by Crippen LogP contribution is -2.58. The van der Waals surface area contributed by atoms with Gasteiger partial charge in [0.1, 0.15) is 5.54 Å².